The fraction of sp³-hybridized carbons (Fsp3) is 0.435. The molecule has 2 heterocycles. The van der Waals surface area contributed by atoms with E-state index in [0.717, 1.165) is 22.3 Å². The summed E-state index contributed by atoms with van der Waals surface area (Å²) in [4.78, 5) is 16.9. The number of allylic oxidation sites excluding steroid dienone is 5. The molecule has 1 fully saturated rings. The van der Waals surface area contributed by atoms with Gasteiger partial charge in [0.25, 0.3) is 0 Å². The molecular weight excluding hydrogens is 461 g/mol. The second kappa shape index (κ2) is 10.1. The van der Waals surface area contributed by atoms with Gasteiger partial charge in [-0.2, -0.15) is 0 Å². The van der Waals surface area contributed by atoms with Gasteiger partial charge in [-0.05, 0) is 0 Å². The Hall–Kier alpha value is -1.76. The van der Waals surface area contributed by atoms with Crippen molar-refractivity contribution in [1.82, 2.24) is 14.6 Å². The number of carbonyl (C=O) groups excluding carboxylic acids is 1. The third-order valence-corrected chi connectivity index (χ3v) is 7.63. The van der Waals surface area contributed by atoms with E-state index in [4.69, 9.17) is 0 Å². The Morgan fingerprint density at radius 2 is 2.04 bits per heavy atom. The van der Waals surface area contributed by atoms with Crippen LogP contribution in [0, 0.1) is 5.92 Å². The van der Waals surface area contributed by atoms with Crippen molar-refractivity contribution >= 4 is 9.44 Å². The van der Waals surface area contributed by atoms with Crippen LogP contribution in [0.3, 0.4) is 0 Å². The molecule has 0 N–H and O–H groups in total. The first-order chi connectivity index (χ1) is 13.5. The quantitative estimate of drug-likeness (QED) is 0.248. The predicted octanol–water partition coefficient (Wildman–Crippen LogP) is 2.73. The number of carbonyl (C=O) groups is 1. The molecule has 0 aliphatic heterocycles. The summed E-state index contributed by atoms with van der Waals surface area (Å²) in [6.45, 7) is 8.57. The SMILES string of the molecule is C=C(CC/C(C)=C/C=C(\C)[I-]C(=O)c1cnn2cccnc12)C1CCCCC1. The normalized spacial score (nSPS) is 16.6. The molecule has 0 aromatic carbocycles. The van der Waals surface area contributed by atoms with Gasteiger partial charge in [0, 0.05) is 0 Å². The fourth-order valence-electron chi connectivity index (χ4n) is 3.60. The molecule has 3 rings (SSSR count). The number of nitrogens with zero attached hydrogens (tertiary/aromatic N) is 3. The van der Waals surface area contributed by atoms with Gasteiger partial charge in [0.05, 0.1) is 0 Å². The van der Waals surface area contributed by atoms with Crippen molar-refractivity contribution in [2.24, 2.45) is 5.92 Å². The van der Waals surface area contributed by atoms with Crippen LogP contribution in [0.4, 0.5) is 0 Å². The molecule has 4 nitrogen and oxygen atoms in total. The molecule has 5 heteroatoms. The third-order valence-electron chi connectivity index (χ3n) is 5.35. The van der Waals surface area contributed by atoms with E-state index < -0.39 is 21.2 Å². The van der Waals surface area contributed by atoms with E-state index in [-0.39, 0.29) is 3.79 Å². The number of halogens is 1. The van der Waals surface area contributed by atoms with Crippen LogP contribution < -0.4 is 21.2 Å². The summed E-state index contributed by atoms with van der Waals surface area (Å²) in [6, 6.07) is 1.81. The molecule has 150 valence electrons. The molecule has 0 radical (unpaired) electrons. The van der Waals surface area contributed by atoms with Crippen molar-refractivity contribution in [3.05, 3.63) is 63.7 Å². The van der Waals surface area contributed by atoms with E-state index in [1.54, 1.807) is 16.9 Å². The number of hydrogen-bond acceptors (Lipinski definition) is 3. The van der Waals surface area contributed by atoms with Crippen LogP contribution in [0.25, 0.3) is 5.65 Å². The van der Waals surface area contributed by atoms with Gasteiger partial charge in [-0.15, -0.1) is 0 Å². The first-order valence-electron chi connectivity index (χ1n) is 10.0. The molecule has 1 aliphatic carbocycles. The van der Waals surface area contributed by atoms with E-state index in [9.17, 15) is 4.79 Å². The molecule has 0 atom stereocenters. The Morgan fingerprint density at radius 1 is 1.25 bits per heavy atom. The van der Waals surface area contributed by atoms with Gasteiger partial charge in [0.2, 0.25) is 0 Å². The molecule has 1 saturated carbocycles. The molecule has 0 saturated heterocycles. The molecule has 1 aliphatic rings. The van der Waals surface area contributed by atoms with E-state index >= 15 is 0 Å². The van der Waals surface area contributed by atoms with E-state index in [0.29, 0.717) is 11.2 Å². The zero-order chi connectivity index (χ0) is 19.9. The first kappa shape index (κ1) is 21.0. The maximum atomic E-state index is 12.6. The van der Waals surface area contributed by atoms with Crippen molar-refractivity contribution in [1.29, 1.82) is 0 Å². The number of aromatic nitrogens is 3. The summed E-state index contributed by atoms with van der Waals surface area (Å²) in [5, 5.41) is 4.21. The van der Waals surface area contributed by atoms with E-state index in [2.05, 4.69) is 42.7 Å². The van der Waals surface area contributed by atoms with Crippen molar-refractivity contribution in [2.75, 3.05) is 0 Å². The molecule has 0 unspecified atom stereocenters. The average Bonchev–Trinajstić information content (AvgIpc) is 3.15. The fourth-order valence-corrected chi connectivity index (χ4v) is 5.40. The first-order valence-corrected chi connectivity index (χ1v) is 12.2. The summed E-state index contributed by atoms with van der Waals surface area (Å²) in [7, 11) is 0. The Labute approximate surface area is 178 Å². The molecule has 2 aromatic heterocycles. The van der Waals surface area contributed by atoms with Gasteiger partial charge in [-0.25, -0.2) is 0 Å². The zero-order valence-corrected chi connectivity index (χ0v) is 19.0. The third kappa shape index (κ3) is 5.63. The minimum absolute atomic E-state index is 0.165. The second-order valence-electron chi connectivity index (χ2n) is 7.57. The van der Waals surface area contributed by atoms with Crippen LogP contribution in [0.1, 0.15) is 69.2 Å². The Bertz CT molecular complexity index is 903. The summed E-state index contributed by atoms with van der Waals surface area (Å²) >= 11 is -0.727. The maximum absolute atomic E-state index is 12.6. The molecule has 28 heavy (non-hydrogen) atoms. The van der Waals surface area contributed by atoms with Gasteiger partial charge in [-0.3, -0.25) is 0 Å². The number of hydrogen-bond donors (Lipinski definition) is 0. The summed E-state index contributed by atoms with van der Waals surface area (Å²) in [5.74, 6) is 0.738. The molecule has 2 aromatic rings. The Kier molecular flexibility index (Phi) is 7.59. The van der Waals surface area contributed by atoms with Gasteiger partial charge in [0.1, 0.15) is 0 Å². The van der Waals surface area contributed by atoms with Crippen LogP contribution in [0.2, 0.25) is 0 Å². The minimum atomic E-state index is -0.727. The molecule has 0 spiro atoms. The van der Waals surface area contributed by atoms with Crippen molar-refractivity contribution in [2.45, 2.75) is 58.8 Å². The average molecular weight is 490 g/mol. The standard InChI is InChI=1S/C23H29IN3O/c1-17(10-12-18(2)20-8-5-4-6-9-20)11-13-19(3)24-22(28)21-16-26-27-15-7-14-25-23(21)27/h7,11,13-16,20H,2,4-6,8-10,12H2,1,3H3/q-1/b17-11+,19-13+. The van der Waals surface area contributed by atoms with Crippen LogP contribution in [0.5, 0.6) is 0 Å². The predicted molar refractivity (Wildman–Crippen MR) is 110 cm³/mol. The van der Waals surface area contributed by atoms with E-state index in [1.165, 1.54) is 43.3 Å². The number of rotatable bonds is 8. The number of fused-ring (bicyclic) bond motifs is 1. The molecule has 0 bridgehead atoms. The zero-order valence-electron chi connectivity index (χ0n) is 16.8. The van der Waals surface area contributed by atoms with Gasteiger partial charge in [-0.1, -0.05) is 0 Å². The molecular formula is C23H29IN3O-. The van der Waals surface area contributed by atoms with Gasteiger partial charge in [0.15, 0.2) is 0 Å². The topological polar surface area (TPSA) is 47.3 Å². The Balaban J connectivity index is 1.52. The Morgan fingerprint density at radius 3 is 2.82 bits per heavy atom. The second-order valence-corrected chi connectivity index (χ2v) is 10.8. The van der Waals surface area contributed by atoms with Crippen molar-refractivity contribution < 1.29 is 26.0 Å². The van der Waals surface area contributed by atoms with Crippen LogP contribution in [-0.2, 0) is 0 Å². The summed E-state index contributed by atoms with van der Waals surface area (Å²) < 4.78 is 2.97. The van der Waals surface area contributed by atoms with Crippen LogP contribution >= 0.6 is 0 Å². The van der Waals surface area contributed by atoms with Gasteiger partial charge < -0.3 is 0 Å². The van der Waals surface area contributed by atoms with Crippen LogP contribution in [0.15, 0.2) is 58.1 Å². The van der Waals surface area contributed by atoms with E-state index in [1.807, 2.05) is 12.3 Å². The molecule has 0 amide bonds. The summed E-state index contributed by atoms with van der Waals surface area (Å²) in [5.41, 5.74) is 4.06. The van der Waals surface area contributed by atoms with Crippen LogP contribution in [-0.4, -0.2) is 18.4 Å². The monoisotopic (exact) mass is 490 g/mol. The van der Waals surface area contributed by atoms with Crippen molar-refractivity contribution in [3.63, 3.8) is 0 Å². The van der Waals surface area contributed by atoms with Crippen molar-refractivity contribution in [3.8, 4) is 0 Å². The summed E-state index contributed by atoms with van der Waals surface area (Å²) in [6.07, 6.45) is 18.3. The van der Waals surface area contributed by atoms with Gasteiger partial charge >= 0.3 is 178 Å².